The fraction of sp³-hybridized carbons (Fsp3) is 0.684. The van der Waals surface area contributed by atoms with Crippen molar-refractivity contribution in [2.45, 2.75) is 70.9 Å². The Morgan fingerprint density at radius 1 is 0.952 bits per heavy atom. The number of hydrogen-bond donors (Lipinski definition) is 2. The molecule has 2 atom stereocenters. The first-order valence-corrected chi connectivity index (χ1v) is 8.24. The van der Waals surface area contributed by atoms with E-state index in [1.165, 1.54) is 17.7 Å². The van der Waals surface area contributed by atoms with E-state index in [4.69, 9.17) is 0 Å². The lowest BCUT2D eigenvalue weighted by Crippen LogP contribution is -2.63. The summed E-state index contributed by atoms with van der Waals surface area (Å²) < 4.78 is 0. The van der Waals surface area contributed by atoms with Crippen molar-refractivity contribution in [2.24, 2.45) is 5.41 Å². The predicted octanol–water partition coefficient (Wildman–Crippen LogP) is 4.32. The van der Waals surface area contributed by atoms with Crippen LogP contribution in [-0.4, -0.2) is 17.6 Å². The molecule has 2 aliphatic rings. The molecule has 1 fully saturated rings. The average molecular weight is 286 g/mol. The van der Waals surface area contributed by atoms with E-state index in [2.05, 4.69) is 76.4 Å². The molecule has 3 rings (SSSR count). The molecule has 2 aliphatic heterocycles. The zero-order valence-corrected chi connectivity index (χ0v) is 14.4. The minimum atomic E-state index is 0.0725. The molecule has 0 spiro atoms. The lowest BCUT2D eigenvalue weighted by Gasteiger charge is -2.56. The molecule has 0 aliphatic carbocycles. The van der Waals surface area contributed by atoms with Gasteiger partial charge in [0.05, 0.1) is 0 Å². The van der Waals surface area contributed by atoms with E-state index in [0.717, 1.165) is 13.0 Å². The molecule has 0 radical (unpaired) electrons. The molecule has 0 saturated carbocycles. The summed E-state index contributed by atoms with van der Waals surface area (Å²) in [6.45, 7) is 15.5. The van der Waals surface area contributed by atoms with Gasteiger partial charge in [0, 0.05) is 22.2 Å². The maximum atomic E-state index is 3.92. The van der Waals surface area contributed by atoms with Crippen LogP contribution in [0.1, 0.15) is 59.9 Å². The van der Waals surface area contributed by atoms with Crippen LogP contribution >= 0.6 is 0 Å². The van der Waals surface area contributed by atoms with Gasteiger partial charge < -0.3 is 10.6 Å². The van der Waals surface area contributed by atoms with Crippen LogP contribution < -0.4 is 10.6 Å². The topological polar surface area (TPSA) is 24.1 Å². The minimum Gasteiger partial charge on any atom is -0.378 e. The lowest BCUT2D eigenvalue weighted by atomic mass is 9.54. The Morgan fingerprint density at radius 2 is 1.62 bits per heavy atom. The van der Waals surface area contributed by atoms with Crippen molar-refractivity contribution in [2.75, 3.05) is 11.9 Å². The minimum absolute atomic E-state index is 0.0725. The Bertz CT molecular complexity index is 560. The Balaban J connectivity index is 2.20. The summed E-state index contributed by atoms with van der Waals surface area (Å²) >= 11 is 0. The van der Waals surface area contributed by atoms with Crippen molar-refractivity contribution in [3.8, 4) is 0 Å². The third kappa shape index (κ3) is 1.95. The zero-order chi connectivity index (χ0) is 15.5. The van der Waals surface area contributed by atoms with E-state index in [9.17, 15) is 0 Å². The number of nitrogens with one attached hydrogen (secondary N) is 2. The van der Waals surface area contributed by atoms with Gasteiger partial charge in [-0.15, -0.1) is 0 Å². The fourth-order valence-electron chi connectivity index (χ4n) is 4.85. The number of rotatable bonds is 0. The van der Waals surface area contributed by atoms with Crippen LogP contribution in [0.3, 0.4) is 0 Å². The predicted molar refractivity (Wildman–Crippen MR) is 90.9 cm³/mol. The maximum absolute atomic E-state index is 3.92. The summed E-state index contributed by atoms with van der Waals surface area (Å²) in [6.07, 6.45) is 2.33. The van der Waals surface area contributed by atoms with E-state index in [0.29, 0.717) is 0 Å². The highest BCUT2D eigenvalue weighted by atomic mass is 15.1. The van der Waals surface area contributed by atoms with Crippen LogP contribution in [0.4, 0.5) is 5.69 Å². The molecule has 1 aromatic rings. The Hall–Kier alpha value is -1.02. The molecule has 116 valence electrons. The van der Waals surface area contributed by atoms with Crippen molar-refractivity contribution in [3.05, 3.63) is 29.8 Å². The summed E-state index contributed by atoms with van der Waals surface area (Å²) in [7, 11) is 0. The van der Waals surface area contributed by atoms with Gasteiger partial charge in [-0.05, 0) is 57.2 Å². The highest BCUT2D eigenvalue weighted by molar-refractivity contribution is 5.65. The molecule has 0 bridgehead atoms. The standard InChI is InChI=1S/C19H30N2/c1-16(2)11-12-20-17(3,4)13-18(5)14-9-7-8-10-15(14)21-19(16,18)6/h7-10,20-21H,11-13H2,1-6H3. The summed E-state index contributed by atoms with van der Waals surface area (Å²) in [5, 5.41) is 7.70. The third-order valence-corrected chi connectivity index (χ3v) is 6.51. The highest BCUT2D eigenvalue weighted by Crippen LogP contribution is 2.59. The van der Waals surface area contributed by atoms with Crippen molar-refractivity contribution in [1.29, 1.82) is 0 Å². The van der Waals surface area contributed by atoms with E-state index in [1.54, 1.807) is 0 Å². The van der Waals surface area contributed by atoms with Gasteiger partial charge in [0.25, 0.3) is 0 Å². The first kappa shape index (κ1) is 14.9. The van der Waals surface area contributed by atoms with E-state index in [1.807, 2.05) is 0 Å². The Labute approximate surface area is 129 Å². The summed E-state index contributed by atoms with van der Waals surface area (Å²) in [4.78, 5) is 0. The van der Waals surface area contributed by atoms with Crippen LogP contribution in [0.5, 0.6) is 0 Å². The number of anilines is 1. The van der Waals surface area contributed by atoms with Crippen LogP contribution in [0.2, 0.25) is 0 Å². The summed E-state index contributed by atoms with van der Waals surface area (Å²) in [5.74, 6) is 0. The number of benzene rings is 1. The van der Waals surface area contributed by atoms with Crippen LogP contribution in [-0.2, 0) is 5.41 Å². The molecule has 21 heavy (non-hydrogen) atoms. The lowest BCUT2D eigenvalue weighted by molar-refractivity contribution is 0.0669. The van der Waals surface area contributed by atoms with Crippen LogP contribution in [0, 0.1) is 5.41 Å². The zero-order valence-electron chi connectivity index (χ0n) is 14.4. The van der Waals surface area contributed by atoms with Gasteiger partial charge in [-0.25, -0.2) is 0 Å². The largest absolute Gasteiger partial charge is 0.378 e. The Kier molecular flexibility index (Phi) is 3.02. The summed E-state index contributed by atoms with van der Waals surface area (Å²) in [5.41, 5.74) is 3.40. The van der Waals surface area contributed by atoms with Crippen molar-refractivity contribution < 1.29 is 0 Å². The van der Waals surface area contributed by atoms with Gasteiger partial charge in [0.15, 0.2) is 0 Å². The maximum Gasteiger partial charge on any atom is 0.0492 e. The van der Waals surface area contributed by atoms with Gasteiger partial charge in [0.1, 0.15) is 0 Å². The molecule has 2 N–H and O–H groups in total. The van der Waals surface area contributed by atoms with Crippen molar-refractivity contribution >= 4 is 5.69 Å². The first-order chi connectivity index (χ1) is 9.61. The molecule has 0 aromatic heterocycles. The van der Waals surface area contributed by atoms with Gasteiger partial charge in [-0.1, -0.05) is 39.0 Å². The molecule has 2 unspecified atom stereocenters. The second kappa shape index (κ2) is 4.25. The average Bonchev–Trinajstić information content (AvgIpc) is 2.58. The number of fused-ring (bicyclic) bond motifs is 3. The van der Waals surface area contributed by atoms with Crippen molar-refractivity contribution in [3.63, 3.8) is 0 Å². The molecule has 2 heteroatoms. The summed E-state index contributed by atoms with van der Waals surface area (Å²) in [6, 6.07) is 8.90. The molecule has 1 aromatic carbocycles. The first-order valence-electron chi connectivity index (χ1n) is 8.24. The van der Waals surface area contributed by atoms with Gasteiger partial charge in [0.2, 0.25) is 0 Å². The third-order valence-electron chi connectivity index (χ3n) is 6.51. The molecule has 2 heterocycles. The molecule has 0 amide bonds. The van der Waals surface area contributed by atoms with Crippen molar-refractivity contribution in [1.82, 2.24) is 5.32 Å². The SMILES string of the molecule is CC1(C)CC2(C)c3ccccc3NC2(C)C(C)(C)CCN1. The van der Waals surface area contributed by atoms with Crippen LogP contribution in [0.25, 0.3) is 0 Å². The molecular weight excluding hydrogens is 256 g/mol. The van der Waals surface area contributed by atoms with E-state index >= 15 is 0 Å². The molecule has 2 nitrogen and oxygen atoms in total. The molecule has 1 saturated heterocycles. The fourth-order valence-corrected chi connectivity index (χ4v) is 4.85. The van der Waals surface area contributed by atoms with Crippen LogP contribution in [0.15, 0.2) is 24.3 Å². The smallest absolute Gasteiger partial charge is 0.0492 e. The van der Waals surface area contributed by atoms with E-state index in [-0.39, 0.29) is 21.9 Å². The number of para-hydroxylation sites is 1. The number of hydrogen-bond acceptors (Lipinski definition) is 2. The second-order valence-electron chi connectivity index (χ2n) is 8.75. The Morgan fingerprint density at radius 3 is 2.33 bits per heavy atom. The second-order valence-corrected chi connectivity index (χ2v) is 8.75. The van der Waals surface area contributed by atoms with Gasteiger partial charge in [-0.3, -0.25) is 0 Å². The normalized spacial score (nSPS) is 36.9. The van der Waals surface area contributed by atoms with Gasteiger partial charge in [-0.2, -0.15) is 0 Å². The van der Waals surface area contributed by atoms with E-state index < -0.39 is 0 Å². The highest BCUT2D eigenvalue weighted by Gasteiger charge is 2.60. The quantitative estimate of drug-likeness (QED) is 0.742. The van der Waals surface area contributed by atoms with Gasteiger partial charge >= 0.3 is 0 Å². The monoisotopic (exact) mass is 286 g/mol. The molecular formula is C19H30N2.